The standard InChI is InChI=1S/C22H16F3NO3S/c23-22(24,25)15-3-1-13(2-4-15)20-8-6-17(30-20)12-29-16-5-7-19-18(10-16)14(11-26-19)9-21(27)28/h1-8,10-11,26H,9,12H2,(H,27,28). The van der Waals surface area contributed by atoms with Gasteiger partial charge in [-0.3, -0.25) is 4.79 Å². The van der Waals surface area contributed by atoms with Crippen molar-refractivity contribution in [2.75, 3.05) is 0 Å². The molecule has 4 nitrogen and oxygen atoms in total. The highest BCUT2D eigenvalue weighted by Gasteiger charge is 2.30. The number of carboxylic acid groups (broad SMARTS) is 1. The molecule has 0 spiro atoms. The molecule has 0 saturated heterocycles. The van der Waals surface area contributed by atoms with Crippen molar-refractivity contribution in [1.29, 1.82) is 0 Å². The number of nitrogens with one attached hydrogen (secondary N) is 1. The number of alkyl halides is 3. The number of aromatic nitrogens is 1. The molecule has 0 radical (unpaired) electrons. The minimum atomic E-state index is -4.35. The Hall–Kier alpha value is -3.26. The summed E-state index contributed by atoms with van der Waals surface area (Å²) in [7, 11) is 0. The Kier molecular flexibility index (Phi) is 5.26. The van der Waals surface area contributed by atoms with E-state index in [1.807, 2.05) is 18.2 Å². The second kappa shape index (κ2) is 7.87. The van der Waals surface area contributed by atoms with E-state index >= 15 is 0 Å². The molecular formula is C22H16F3NO3S. The van der Waals surface area contributed by atoms with Gasteiger partial charge in [-0.05, 0) is 53.6 Å². The SMILES string of the molecule is O=C(O)Cc1c[nH]c2ccc(OCc3ccc(-c4ccc(C(F)(F)F)cc4)s3)cc12. The summed E-state index contributed by atoms with van der Waals surface area (Å²) < 4.78 is 44.0. The van der Waals surface area contributed by atoms with Crippen molar-refractivity contribution in [1.82, 2.24) is 4.98 Å². The molecular weight excluding hydrogens is 415 g/mol. The summed E-state index contributed by atoms with van der Waals surface area (Å²) in [6.07, 6.45) is -2.75. The Balaban J connectivity index is 1.46. The van der Waals surface area contributed by atoms with Gasteiger partial charge in [-0.1, -0.05) is 12.1 Å². The largest absolute Gasteiger partial charge is 0.488 e. The summed E-state index contributed by atoms with van der Waals surface area (Å²) in [4.78, 5) is 15.8. The van der Waals surface area contributed by atoms with E-state index in [-0.39, 0.29) is 6.42 Å². The number of fused-ring (bicyclic) bond motifs is 1. The number of aliphatic carboxylic acids is 1. The lowest BCUT2D eigenvalue weighted by Gasteiger charge is -2.07. The van der Waals surface area contributed by atoms with Gasteiger partial charge in [-0.15, -0.1) is 11.3 Å². The van der Waals surface area contributed by atoms with Crippen LogP contribution in [0.1, 0.15) is 16.0 Å². The van der Waals surface area contributed by atoms with Gasteiger partial charge in [0.05, 0.1) is 12.0 Å². The Morgan fingerprint density at radius 1 is 1.07 bits per heavy atom. The zero-order chi connectivity index (χ0) is 21.3. The summed E-state index contributed by atoms with van der Waals surface area (Å²) in [5.41, 5.74) is 1.56. The van der Waals surface area contributed by atoms with Crippen LogP contribution < -0.4 is 4.74 Å². The molecule has 4 aromatic rings. The van der Waals surface area contributed by atoms with Crippen LogP contribution in [0.25, 0.3) is 21.3 Å². The number of benzene rings is 2. The number of rotatable bonds is 6. The van der Waals surface area contributed by atoms with Gasteiger partial charge in [0.1, 0.15) is 12.4 Å². The van der Waals surface area contributed by atoms with Gasteiger partial charge in [-0.2, -0.15) is 13.2 Å². The van der Waals surface area contributed by atoms with Crippen molar-refractivity contribution in [3.8, 4) is 16.2 Å². The van der Waals surface area contributed by atoms with Crippen LogP contribution in [-0.4, -0.2) is 16.1 Å². The number of hydrogen-bond acceptors (Lipinski definition) is 3. The van der Waals surface area contributed by atoms with Crippen molar-refractivity contribution in [2.24, 2.45) is 0 Å². The highest BCUT2D eigenvalue weighted by atomic mass is 32.1. The lowest BCUT2D eigenvalue weighted by molar-refractivity contribution is -0.138. The van der Waals surface area contributed by atoms with Crippen LogP contribution in [0.5, 0.6) is 5.75 Å². The van der Waals surface area contributed by atoms with Gasteiger partial charge < -0.3 is 14.8 Å². The molecule has 2 aromatic carbocycles. The maximum absolute atomic E-state index is 12.7. The highest BCUT2D eigenvalue weighted by molar-refractivity contribution is 7.15. The van der Waals surface area contributed by atoms with E-state index in [0.29, 0.717) is 23.5 Å². The second-order valence-corrected chi connectivity index (χ2v) is 7.89. The lowest BCUT2D eigenvalue weighted by atomic mass is 10.1. The fourth-order valence-electron chi connectivity index (χ4n) is 3.15. The van der Waals surface area contributed by atoms with E-state index in [1.54, 1.807) is 18.3 Å². The average molecular weight is 431 g/mol. The summed E-state index contributed by atoms with van der Waals surface area (Å²) in [5.74, 6) is -0.296. The predicted octanol–water partition coefficient (Wildman–Crippen LogP) is 6.12. The number of hydrogen-bond donors (Lipinski definition) is 2. The number of thiophene rings is 1. The Labute approximate surface area is 173 Å². The van der Waals surface area contributed by atoms with Crippen molar-refractivity contribution < 1.29 is 27.8 Å². The molecule has 2 N–H and O–H groups in total. The number of carbonyl (C=O) groups is 1. The van der Waals surface area contributed by atoms with Gasteiger partial charge in [0, 0.05) is 26.9 Å². The predicted molar refractivity (Wildman–Crippen MR) is 109 cm³/mol. The van der Waals surface area contributed by atoms with Gasteiger partial charge in [0.2, 0.25) is 0 Å². The third kappa shape index (κ3) is 4.33. The molecule has 2 aromatic heterocycles. The molecule has 0 aliphatic carbocycles. The quantitative estimate of drug-likeness (QED) is 0.387. The normalized spacial score (nSPS) is 11.7. The molecule has 0 atom stereocenters. The number of aromatic amines is 1. The maximum atomic E-state index is 12.7. The summed E-state index contributed by atoms with van der Waals surface area (Å²) in [5, 5.41) is 9.82. The Morgan fingerprint density at radius 3 is 2.53 bits per heavy atom. The van der Waals surface area contributed by atoms with Crippen molar-refractivity contribution >= 4 is 28.2 Å². The van der Waals surface area contributed by atoms with Gasteiger partial charge >= 0.3 is 12.1 Å². The van der Waals surface area contributed by atoms with Gasteiger partial charge in [-0.25, -0.2) is 0 Å². The average Bonchev–Trinajstić information content (AvgIpc) is 3.33. The molecule has 0 fully saturated rings. The molecule has 0 amide bonds. The van der Waals surface area contributed by atoms with E-state index in [2.05, 4.69) is 4.98 Å². The fraction of sp³-hybridized carbons (Fsp3) is 0.136. The molecule has 154 valence electrons. The number of halogens is 3. The molecule has 0 aliphatic heterocycles. The van der Waals surface area contributed by atoms with E-state index < -0.39 is 17.7 Å². The summed E-state index contributed by atoms with van der Waals surface area (Å²) >= 11 is 1.45. The molecule has 0 saturated carbocycles. The third-order valence-corrected chi connectivity index (χ3v) is 5.73. The van der Waals surface area contributed by atoms with E-state index in [0.717, 1.165) is 32.8 Å². The van der Waals surface area contributed by atoms with Crippen LogP contribution >= 0.6 is 11.3 Å². The summed E-state index contributed by atoms with van der Waals surface area (Å²) in [6.45, 7) is 0.301. The molecule has 0 aliphatic rings. The first-order valence-electron chi connectivity index (χ1n) is 9.00. The Morgan fingerprint density at radius 2 is 1.83 bits per heavy atom. The van der Waals surface area contributed by atoms with Crippen LogP contribution in [-0.2, 0) is 24.0 Å². The monoisotopic (exact) mass is 431 g/mol. The van der Waals surface area contributed by atoms with Crippen LogP contribution in [0.15, 0.2) is 60.8 Å². The van der Waals surface area contributed by atoms with E-state index in [1.165, 1.54) is 23.5 Å². The van der Waals surface area contributed by atoms with E-state index in [4.69, 9.17) is 9.84 Å². The van der Waals surface area contributed by atoms with Crippen LogP contribution in [0.2, 0.25) is 0 Å². The molecule has 0 bridgehead atoms. The number of carboxylic acids is 1. The topological polar surface area (TPSA) is 62.3 Å². The van der Waals surface area contributed by atoms with Gasteiger partial charge in [0.15, 0.2) is 0 Å². The maximum Gasteiger partial charge on any atom is 0.416 e. The number of ether oxygens (including phenoxy) is 1. The smallest absolute Gasteiger partial charge is 0.416 e. The van der Waals surface area contributed by atoms with Crippen molar-refractivity contribution in [3.63, 3.8) is 0 Å². The first-order chi connectivity index (χ1) is 14.3. The van der Waals surface area contributed by atoms with Gasteiger partial charge in [0.25, 0.3) is 0 Å². The molecule has 30 heavy (non-hydrogen) atoms. The first-order valence-corrected chi connectivity index (χ1v) is 9.82. The minimum Gasteiger partial charge on any atom is -0.488 e. The second-order valence-electron chi connectivity index (χ2n) is 6.72. The zero-order valence-corrected chi connectivity index (χ0v) is 16.3. The fourth-order valence-corrected chi connectivity index (χ4v) is 4.07. The summed E-state index contributed by atoms with van der Waals surface area (Å²) in [6, 6.07) is 14.2. The molecule has 2 heterocycles. The van der Waals surface area contributed by atoms with Crippen LogP contribution in [0.3, 0.4) is 0 Å². The van der Waals surface area contributed by atoms with Crippen molar-refractivity contribution in [3.05, 3.63) is 76.8 Å². The highest BCUT2D eigenvalue weighted by Crippen LogP contribution is 2.33. The van der Waals surface area contributed by atoms with E-state index in [9.17, 15) is 18.0 Å². The Bertz CT molecular complexity index is 1190. The minimum absolute atomic E-state index is 0.0785. The molecule has 4 rings (SSSR count). The molecule has 8 heteroatoms. The number of H-pyrrole nitrogens is 1. The third-order valence-electron chi connectivity index (χ3n) is 4.62. The van der Waals surface area contributed by atoms with Crippen molar-refractivity contribution in [2.45, 2.75) is 19.2 Å². The first kappa shape index (κ1) is 20.0. The molecule has 0 unspecified atom stereocenters. The van der Waals surface area contributed by atoms with Crippen LogP contribution in [0, 0.1) is 0 Å². The lowest BCUT2D eigenvalue weighted by Crippen LogP contribution is -2.03. The zero-order valence-electron chi connectivity index (χ0n) is 15.5. The van der Waals surface area contributed by atoms with Crippen LogP contribution in [0.4, 0.5) is 13.2 Å².